The maximum Gasteiger partial charge on any atom is 0.191 e. The number of halogens is 1. The Morgan fingerprint density at radius 2 is 1.85 bits per heavy atom. The molecule has 0 radical (unpaired) electrons. The Morgan fingerprint density at radius 3 is 2.48 bits per heavy atom. The summed E-state index contributed by atoms with van der Waals surface area (Å²) in [4.78, 5) is 4.75. The number of furan rings is 1. The second kappa shape index (κ2) is 12.0. The summed E-state index contributed by atoms with van der Waals surface area (Å²) >= 11 is 0. The molecule has 1 unspecified atom stereocenters. The highest BCUT2D eigenvalue weighted by atomic mass is 127. The van der Waals surface area contributed by atoms with Crippen LogP contribution in [0.2, 0.25) is 0 Å². The lowest BCUT2D eigenvalue weighted by atomic mass is 10.0. The van der Waals surface area contributed by atoms with E-state index in [0.717, 1.165) is 31.2 Å². The van der Waals surface area contributed by atoms with Crippen molar-refractivity contribution >= 4 is 29.9 Å². The highest BCUT2D eigenvalue weighted by Gasteiger charge is 2.20. The van der Waals surface area contributed by atoms with E-state index in [-0.39, 0.29) is 35.6 Å². The first-order chi connectivity index (χ1) is 12.5. The fraction of sp³-hybridized carbons (Fsp3) is 0.476. The minimum absolute atomic E-state index is 0. The molecule has 2 rings (SSSR count). The van der Waals surface area contributed by atoms with Crippen molar-refractivity contribution in [3.8, 4) is 0 Å². The molecule has 1 heterocycles. The monoisotopic (exact) mass is 484 g/mol. The smallest absolute Gasteiger partial charge is 0.191 e. The topological polar surface area (TPSA) is 61.6 Å². The highest BCUT2D eigenvalue weighted by molar-refractivity contribution is 14.0. The summed E-state index contributed by atoms with van der Waals surface area (Å²) < 4.78 is 5.37. The van der Waals surface area contributed by atoms with Crippen LogP contribution in [0.15, 0.2) is 58.1 Å². The Bertz CT molecular complexity index is 656. The molecule has 1 atom stereocenters. The lowest BCUT2D eigenvalue weighted by Gasteiger charge is -2.29. The zero-order chi connectivity index (χ0) is 18.8. The van der Waals surface area contributed by atoms with Gasteiger partial charge in [0.1, 0.15) is 5.76 Å². The van der Waals surface area contributed by atoms with Crippen LogP contribution >= 0.6 is 24.0 Å². The van der Waals surface area contributed by atoms with Crippen LogP contribution in [-0.4, -0.2) is 31.1 Å². The number of guanidine groups is 1. The SMILES string of the molecule is CCNC(=NCC(C)(C)NC(C)c1ccccc1)NCCc1ccco1.I. The highest BCUT2D eigenvalue weighted by Crippen LogP contribution is 2.16. The van der Waals surface area contributed by atoms with Crippen LogP contribution in [0.5, 0.6) is 0 Å². The van der Waals surface area contributed by atoms with Crippen molar-refractivity contribution in [3.05, 3.63) is 60.1 Å². The molecular weight excluding hydrogens is 451 g/mol. The van der Waals surface area contributed by atoms with Gasteiger partial charge in [0.15, 0.2) is 5.96 Å². The van der Waals surface area contributed by atoms with Gasteiger partial charge in [0, 0.05) is 31.1 Å². The summed E-state index contributed by atoms with van der Waals surface area (Å²) in [5.41, 5.74) is 1.17. The lowest BCUT2D eigenvalue weighted by Crippen LogP contribution is -2.45. The van der Waals surface area contributed by atoms with Crippen molar-refractivity contribution in [1.29, 1.82) is 0 Å². The van der Waals surface area contributed by atoms with Crippen LogP contribution in [0.3, 0.4) is 0 Å². The van der Waals surface area contributed by atoms with Crippen molar-refractivity contribution < 1.29 is 4.42 Å². The largest absolute Gasteiger partial charge is 0.469 e. The van der Waals surface area contributed by atoms with E-state index in [9.17, 15) is 0 Å². The van der Waals surface area contributed by atoms with Gasteiger partial charge < -0.3 is 20.4 Å². The molecule has 150 valence electrons. The Balaban J connectivity index is 0.00000364. The van der Waals surface area contributed by atoms with Gasteiger partial charge in [-0.05, 0) is 45.4 Å². The van der Waals surface area contributed by atoms with Crippen LogP contribution < -0.4 is 16.0 Å². The molecule has 5 nitrogen and oxygen atoms in total. The summed E-state index contributed by atoms with van der Waals surface area (Å²) in [5, 5.41) is 10.3. The normalized spacial score (nSPS) is 13.0. The number of aliphatic imine (C=N–C) groups is 1. The first-order valence-electron chi connectivity index (χ1n) is 9.37. The summed E-state index contributed by atoms with van der Waals surface area (Å²) in [7, 11) is 0. The third-order valence-corrected chi connectivity index (χ3v) is 4.13. The lowest BCUT2D eigenvalue weighted by molar-refractivity contribution is 0.356. The van der Waals surface area contributed by atoms with Crippen LogP contribution in [0.25, 0.3) is 0 Å². The molecule has 0 bridgehead atoms. The maximum atomic E-state index is 5.37. The number of rotatable bonds is 9. The summed E-state index contributed by atoms with van der Waals surface area (Å²) in [5.74, 6) is 1.81. The summed E-state index contributed by atoms with van der Waals surface area (Å²) in [6, 6.07) is 14.7. The quantitative estimate of drug-likeness (QED) is 0.285. The second-order valence-corrected chi connectivity index (χ2v) is 7.11. The molecule has 1 aromatic heterocycles. The number of nitrogens with one attached hydrogen (secondary N) is 3. The summed E-state index contributed by atoms with van der Waals surface area (Å²) in [6.07, 6.45) is 2.54. The van der Waals surface area contributed by atoms with Gasteiger partial charge in [0.25, 0.3) is 0 Å². The zero-order valence-corrected chi connectivity index (χ0v) is 19.1. The predicted octanol–water partition coefficient (Wildman–Crippen LogP) is 4.12. The standard InChI is InChI=1S/C21H32N4O.HI/c1-5-22-20(23-14-13-19-12-9-15-26-19)24-16-21(3,4)25-17(2)18-10-7-6-8-11-18;/h6-12,15,17,25H,5,13-14,16H2,1-4H3,(H2,22,23,24);1H. The van der Waals surface area contributed by atoms with Crippen molar-refractivity contribution in [2.24, 2.45) is 4.99 Å². The Morgan fingerprint density at radius 1 is 1.11 bits per heavy atom. The fourth-order valence-corrected chi connectivity index (χ4v) is 2.83. The van der Waals surface area contributed by atoms with Gasteiger partial charge in [-0.15, -0.1) is 24.0 Å². The molecule has 6 heteroatoms. The average Bonchev–Trinajstić information content (AvgIpc) is 3.13. The van der Waals surface area contributed by atoms with E-state index in [4.69, 9.17) is 9.41 Å². The molecule has 2 aromatic rings. The Hall–Kier alpha value is -1.54. The van der Waals surface area contributed by atoms with Crippen molar-refractivity contribution in [3.63, 3.8) is 0 Å². The minimum Gasteiger partial charge on any atom is -0.469 e. The molecule has 0 aliphatic heterocycles. The van der Waals surface area contributed by atoms with Gasteiger partial charge in [0.2, 0.25) is 0 Å². The molecule has 0 saturated carbocycles. The first-order valence-corrected chi connectivity index (χ1v) is 9.37. The van der Waals surface area contributed by atoms with Gasteiger partial charge in [-0.25, -0.2) is 0 Å². The van der Waals surface area contributed by atoms with E-state index in [2.05, 4.69) is 67.9 Å². The molecule has 0 saturated heterocycles. The minimum atomic E-state index is -0.112. The molecule has 0 aliphatic rings. The van der Waals surface area contributed by atoms with Crippen molar-refractivity contribution in [1.82, 2.24) is 16.0 Å². The van der Waals surface area contributed by atoms with E-state index < -0.39 is 0 Å². The van der Waals surface area contributed by atoms with Crippen molar-refractivity contribution in [2.75, 3.05) is 19.6 Å². The molecular formula is C21H33IN4O. The average molecular weight is 484 g/mol. The Kier molecular flexibility index (Phi) is 10.5. The van der Waals surface area contributed by atoms with Gasteiger partial charge in [-0.2, -0.15) is 0 Å². The van der Waals surface area contributed by atoms with Gasteiger partial charge in [-0.3, -0.25) is 4.99 Å². The van der Waals surface area contributed by atoms with E-state index in [0.29, 0.717) is 6.54 Å². The fourth-order valence-electron chi connectivity index (χ4n) is 2.83. The molecule has 3 N–H and O–H groups in total. The molecule has 0 aliphatic carbocycles. The van der Waals surface area contributed by atoms with E-state index in [1.165, 1.54) is 5.56 Å². The van der Waals surface area contributed by atoms with E-state index in [1.54, 1.807) is 6.26 Å². The summed E-state index contributed by atoms with van der Waals surface area (Å²) in [6.45, 7) is 10.9. The molecule has 27 heavy (non-hydrogen) atoms. The molecule has 0 amide bonds. The molecule has 0 spiro atoms. The number of benzene rings is 1. The third-order valence-electron chi connectivity index (χ3n) is 4.13. The van der Waals surface area contributed by atoms with Gasteiger partial charge >= 0.3 is 0 Å². The number of nitrogens with zero attached hydrogens (tertiary/aromatic N) is 1. The zero-order valence-electron chi connectivity index (χ0n) is 16.8. The van der Waals surface area contributed by atoms with Crippen LogP contribution in [0.4, 0.5) is 0 Å². The molecule has 0 fully saturated rings. The predicted molar refractivity (Wildman–Crippen MR) is 124 cm³/mol. The van der Waals surface area contributed by atoms with Gasteiger partial charge in [0.05, 0.1) is 12.8 Å². The second-order valence-electron chi connectivity index (χ2n) is 7.11. The Labute approximate surface area is 180 Å². The number of hydrogen-bond acceptors (Lipinski definition) is 3. The van der Waals surface area contributed by atoms with Crippen LogP contribution in [0, 0.1) is 0 Å². The third kappa shape index (κ3) is 8.79. The van der Waals surface area contributed by atoms with Crippen molar-refractivity contribution in [2.45, 2.75) is 45.7 Å². The maximum absolute atomic E-state index is 5.37. The van der Waals surface area contributed by atoms with E-state index >= 15 is 0 Å². The first kappa shape index (κ1) is 23.5. The molecule has 1 aromatic carbocycles. The van der Waals surface area contributed by atoms with Gasteiger partial charge in [-0.1, -0.05) is 30.3 Å². The number of hydrogen-bond donors (Lipinski definition) is 3. The van der Waals surface area contributed by atoms with Crippen LogP contribution in [0.1, 0.15) is 45.1 Å². The van der Waals surface area contributed by atoms with Crippen LogP contribution in [-0.2, 0) is 6.42 Å². The van der Waals surface area contributed by atoms with E-state index in [1.807, 2.05) is 18.2 Å².